The lowest BCUT2D eigenvalue weighted by molar-refractivity contribution is -0.140. The van der Waals surface area contributed by atoms with Crippen LogP contribution in [0.1, 0.15) is 71.9 Å². The maximum Gasteiger partial charge on any atom is 0.408 e. The first-order valence-corrected chi connectivity index (χ1v) is 18.1. The van der Waals surface area contributed by atoms with Crippen molar-refractivity contribution in [2.75, 3.05) is 19.8 Å². The average molecular weight is 698 g/mol. The number of hydrogen-bond donors (Lipinski definition) is 2. The van der Waals surface area contributed by atoms with E-state index in [0.29, 0.717) is 31.2 Å². The van der Waals surface area contributed by atoms with E-state index in [-0.39, 0.29) is 23.8 Å². The van der Waals surface area contributed by atoms with Gasteiger partial charge in [0.05, 0.1) is 41.2 Å². The molecule has 6 bridgehead atoms. The van der Waals surface area contributed by atoms with Crippen molar-refractivity contribution in [2.24, 2.45) is 5.41 Å². The summed E-state index contributed by atoms with van der Waals surface area (Å²) in [4.78, 5) is 36.3. The van der Waals surface area contributed by atoms with Gasteiger partial charge in [-0.2, -0.15) is 5.26 Å². The summed E-state index contributed by atoms with van der Waals surface area (Å²) < 4.78 is 14.1. The number of thiazole rings is 1. The molecule has 1 saturated heterocycles. The highest BCUT2D eigenvalue weighted by atomic mass is 32.1. The third-order valence-corrected chi connectivity index (χ3v) is 9.93. The Bertz CT molecular complexity index is 1920. The number of rotatable bonds is 3. The maximum atomic E-state index is 14.0. The van der Waals surface area contributed by atoms with Crippen molar-refractivity contribution in [3.63, 3.8) is 0 Å². The van der Waals surface area contributed by atoms with Crippen LogP contribution in [0.2, 0.25) is 0 Å². The number of pyridine rings is 1. The Morgan fingerprint density at radius 1 is 1.20 bits per heavy atom. The molecule has 0 radical (unpaired) electrons. The van der Waals surface area contributed by atoms with E-state index in [9.17, 15) is 14.9 Å². The number of carbonyl (C=O) groups is 2. The van der Waals surface area contributed by atoms with E-state index in [0.717, 1.165) is 51.8 Å². The van der Waals surface area contributed by atoms with Gasteiger partial charge >= 0.3 is 6.09 Å². The second-order valence-corrected chi connectivity index (χ2v) is 16.6. The van der Waals surface area contributed by atoms with Gasteiger partial charge in [-0.05, 0) is 89.1 Å². The summed E-state index contributed by atoms with van der Waals surface area (Å²) in [6.07, 6.45) is 5.53. The van der Waals surface area contributed by atoms with E-state index < -0.39 is 23.3 Å². The normalized spacial score (nSPS) is 20.2. The lowest BCUT2D eigenvalue weighted by atomic mass is 9.84. The Hall–Kier alpha value is -4.31. The Morgan fingerprint density at radius 3 is 2.72 bits per heavy atom. The van der Waals surface area contributed by atoms with Gasteiger partial charge in [0.15, 0.2) is 0 Å². The van der Waals surface area contributed by atoms with Crippen LogP contribution in [0.5, 0.6) is 0 Å². The molecule has 2 atom stereocenters. The molecule has 1 aromatic carbocycles. The number of ether oxygens (including phenoxy) is 2. The molecule has 11 nitrogen and oxygen atoms in total. The average Bonchev–Trinajstić information content (AvgIpc) is 3.66. The van der Waals surface area contributed by atoms with Gasteiger partial charge in [-0.15, -0.1) is 11.3 Å². The summed E-state index contributed by atoms with van der Waals surface area (Å²) in [7, 11) is 0. The van der Waals surface area contributed by atoms with E-state index in [1.165, 1.54) is 11.3 Å². The van der Waals surface area contributed by atoms with Gasteiger partial charge in [-0.1, -0.05) is 19.9 Å². The molecule has 2 N–H and O–H groups in total. The van der Waals surface area contributed by atoms with Crippen LogP contribution >= 0.6 is 11.3 Å². The molecule has 0 saturated carbocycles. The van der Waals surface area contributed by atoms with Crippen LogP contribution in [0.15, 0.2) is 48.1 Å². The Morgan fingerprint density at radius 2 is 2.00 bits per heavy atom. The minimum atomic E-state index is -0.882. The number of nitrogens with one attached hydrogen (secondary N) is 2. The fourth-order valence-electron chi connectivity index (χ4n) is 6.83. The van der Waals surface area contributed by atoms with Gasteiger partial charge in [-0.3, -0.25) is 14.8 Å². The number of nitrogens with zero attached hydrogens (tertiary/aromatic N) is 5. The van der Waals surface area contributed by atoms with Gasteiger partial charge in [-0.25, -0.2) is 15.2 Å². The van der Waals surface area contributed by atoms with Crippen LogP contribution < -0.4 is 10.7 Å². The molecule has 4 aromatic rings. The highest BCUT2D eigenvalue weighted by Gasteiger charge is 2.35. The second-order valence-electron chi connectivity index (χ2n) is 15.7. The molecule has 12 heteroatoms. The minimum Gasteiger partial charge on any atom is -0.444 e. The molecule has 50 heavy (non-hydrogen) atoms. The summed E-state index contributed by atoms with van der Waals surface area (Å²) in [6.45, 7) is 15.1. The molecule has 0 aliphatic carbocycles. The zero-order valence-electron chi connectivity index (χ0n) is 30.0. The van der Waals surface area contributed by atoms with Crippen molar-refractivity contribution in [3.8, 4) is 28.6 Å². The molecule has 1 fully saturated rings. The Labute approximate surface area is 298 Å². The molecule has 0 spiro atoms. The molecule has 264 valence electrons. The summed E-state index contributed by atoms with van der Waals surface area (Å²) >= 11 is 1.45. The number of nitriles is 1. The SMILES string of the molecule is CC1(C)COC[C@@H]2CCCN(N2)C(=O)[C@@H](NC(=O)OC(C)(C)C)Cc2nc(cs2)-c2ccc3c(c2)c(c(-c2cccnc2)n3C(C)(C)C#N)C1. The first kappa shape index (κ1) is 35.5. The third kappa shape index (κ3) is 7.70. The molecule has 2 amide bonds. The van der Waals surface area contributed by atoms with Gasteiger partial charge in [0.1, 0.15) is 17.2 Å². The van der Waals surface area contributed by atoms with Crippen LogP contribution in [0.25, 0.3) is 33.4 Å². The van der Waals surface area contributed by atoms with Crippen molar-refractivity contribution in [1.82, 2.24) is 30.3 Å². The molecule has 3 aromatic heterocycles. The van der Waals surface area contributed by atoms with Gasteiger partial charge in [0, 0.05) is 53.3 Å². The van der Waals surface area contributed by atoms with Crippen molar-refractivity contribution >= 4 is 34.2 Å². The van der Waals surface area contributed by atoms with E-state index in [2.05, 4.69) is 52.3 Å². The largest absolute Gasteiger partial charge is 0.444 e. The van der Waals surface area contributed by atoms with Gasteiger partial charge in [0.25, 0.3) is 5.91 Å². The van der Waals surface area contributed by atoms with Crippen LogP contribution in [-0.2, 0) is 32.6 Å². The number of benzene rings is 1. The first-order chi connectivity index (χ1) is 23.6. The van der Waals surface area contributed by atoms with Crippen molar-refractivity contribution in [1.29, 1.82) is 5.26 Å². The van der Waals surface area contributed by atoms with Crippen molar-refractivity contribution < 1.29 is 19.1 Å². The number of amides is 2. The fourth-order valence-corrected chi connectivity index (χ4v) is 7.68. The molecule has 0 unspecified atom stereocenters. The smallest absolute Gasteiger partial charge is 0.408 e. The monoisotopic (exact) mass is 697 g/mol. The van der Waals surface area contributed by atoms with E-state index in [1.54, 1.807) is 32.0 Å². The number of alkyl carbamates (subject to hydrolysis) is 1. The summed E-state index contributed by atoms with van der Waals surface area (Å²) in [6, 6.07) is 11.8. The number of fused-ring (bicyclic) bond motifs is 6. The molecular formula is C38H47N7O4S. The van der Waals surface area contributed by atoms with Crippen LogP contribution in [0.3, 0.4) is 0 Å². The highest BCUT2D eigenvalue weighted by molar-refractivity contribution is 7.10. The van der Waals surface area contributed by atoms with Crippen LogP contribution in [-0.4, -0.2) is 69.0 Å². The third-order valence-electron chi connectivity index (χ3n) is 9.06. The summed E-state index contributed by atoms with van der Waals surface area (Å²) in [5.41, 5.74) is 7.21. The Kier molecular flexibility index (Phi) is 9.79. The molecule has 6 rings (SSSR count). The quantitative estimate of drug-likeness (QED) is 0.244. The molecule has 5 heterocycles. The van der Waals surface area contributed by atoms with Gasteiger partial charge < -0.3 is 19.4 Å². The fraction of sp³-hybridized carbons (Fsp3) is 0.500. The zero-order valence-corrected chi connectivity index (χ0v) is 30.8. The van der Waals surface area contributed by atoms with E-state index in [1.807, 2.05) is 43.6 Å². The zero-order chi connectivity index (χ0) is 35.8. The molecule has 2 aliphatic heterocycles. The van der Waals surface area contributed by atoms with E-state index >= 15 is 0 Å². The topological polar surface area (TPSA) is 134 Å². The predicted octanol–water partition coefficient (Wildman–Crippen LogP) is 6.62. The lowest BCUT2D eigenvalue weighted by Crippen LogP contribution is -2.59. The Balaban J connectivity index is 1.49. The highest BCUT2D eigenvalue weighted by Crippen LogP contribution is 2.42. The molecule has 2 aliphatic rings. The first-order valence-electron chi connectivity index (χ1n) is 17.2. The summed E-state index contributed by atoms with van der Waals surface area (Å²) in [5.74, 6) is -0.241. The minimum absolute atomic E-state index is 0.0668. The number of aromatic nitrogens is 3. The number of carbonyl (C=O) groups excluding carboxylic acids is 2. The second kappa shape index (κ2) is 13.8. The van der Waals surface area contributed by atoms with Gasteiger partial charge in [0.2, 0.25) is 0 Å². The molecular weight excluding hydrogens is 651 g/mol. The number of hydrazine groups is 1. The van der Waals surface area contributed by atoms with Crippen LogP contribution in [0, 0.1) is 16.7 Å². The van der Waals surface area contributed by atoms with Crippen molar-refractivity contribution in [2.45, 2.75) is 97.4 Å². The van der Waals surface area contributed by atoms with Crippen LogP contribution in [0.4, 0.5) is 4.79 Å². The maximum absolute atomic E-state index is 14.0. The van der Waals surface area contributed by atoms with E-state index in [4.69, 9.17) is 14.5 Å². The standard InChI is InChI=1S/C38H47N7O4S/c1-36(2,3)49-35(47)42-29-17-32-41-30(21-50-32)24-12-13-31-27(16-24)28(33(25-10-8-14-40-19-25)45(31)38(6,7)22-39)18-37(4,5)23-48-20-26-11-9-15-44(43-26)34(29)46/h8,10,12-14,16,19,21,26,29,43H,9,11,15,17-18,20,23H2,1-7H3,(H,42,47)/t26-,29-/m0/s1. The number of hydrogen-bond acceptors (Lipinski definition) is 9. The lowest BCUT2D eigenvalue weighted by Gasteiger charge is -2.36. The summed E-state index contributed by atoms with van der Waals surface area (Å²) in [5, 5.41) is 18.6. The predicted molar refractivity (Wildman–Crippen MR) is 194 cm³/mol. The van der Waals surface area contributed by atoms with Crippen molar-refractivity contribution in [3.05, 3.63) is 58.7 Å².